The van der Waals surface area contributed by atoms with E-state index in [1.165, 1.54) is 33.8 Å². The SMILES string of the molecule is C=C(C)CC(=C)CCCCC(=C)S/C(C)=C\C. The van der Waals surface area contributed by atoms with Crippen molar-refractivity contribution in [1.82, 2.24) is 0 Å². The molecule has 0 fully saturated rings. The standard InChI is InChI=1S/C16H26S/c1-7-15(5)17-16(6)11-9-8-10-14(4)12-13(2)3/h7H,2,4,6,8-12H2,1,3,5H3/b15-7-. The summed E-state index contributed by atoms with van der Waals surface area (Å²) in [5.74, 6) is 0. The zero-order chi connectivity index (χ0) is 13.3. The molecule has 0 nitrogen and oxygen atoms in total. The fourth-order valence-electron chi connectivity index (χ4n) is 1.55. The van der Waals surface area contributed by atoms with Crippen LogP contribution in [0.1, 0.15) is 52.9 Å². The van der Waals surface area contributed by atoms with E-state index in [0.717, 1.165) is 19.3 Å². The largest absolute Gasteiger partial charge is 0.100 e. The molecule has 0 atom stereocenters. The summed E-state index contributed by atoms with van der Waals surface area (Å²) < 4.78 is 0. The highest BCUT2D eigenvalue weighted by molar-refractivity contribution is 8.06. The van der Waals surface area contributed by atoms with E-state index < -0.39 is 0 Å². The lowest BCUT2D eigenvalue weighted by molar-refractivity contribution is 0.729. The van der Waals surface area contributed by atoms with Crippen molar-refractivity contribution in [2.75, 3.05) is 0 Å². The van der Waals surface area contributed by atoms with Crippen molar-refractivity contribution in [2.24, 2.45) is 0 Å². The highest BCUT2D eigenvalue weighted by Crippen LogP contribution is 2.27. The van der Waals surface area contributed by atoms with Gasteiger partial charge in [-0.15, -0.1) is 11.8 Å². The summed E-state index contributed by atoms with van der Waals surface area (Å²) in [5.41, 5.74) is 2.51. The Morgan fingerprint density at radius 1 is 1.06 bits per heavy atom. The number of hydrogen-bond donors (Lipinski definition) is 0. The lowest BCUT2D eigenvalue weighted by atomic mass is 10.0. The predicted octanol–water partition coefficient (Wildman–Crippen LogP) is 6.24. The minimum Gasteiger partial charge on any atom is -0.100 e. The maximum atomic E-state index is 4.09. The van der Waals surface area contributed by atoms with Gasteiger partial charge in [-0.1, -0.05) is 37.0 Å². The molecule has 0 heterocycles. The van der Waals surface area contributed by atoms with E-state index in [1.807, 2.05) is 0 Å². The molecule has 0 radical (unpaired) electrons. The fraction of sp³-hybridized carbons (Fsp3) is 0.500. The Morgan fingerprint density at radius 2 is 1.65 bits per heavy atom. The highest BCUT2D eigenvalue weighted by atomic mass is 32.2. The number of unbranched alkanes of at least 4 members (excludes halogenated alkanes) is 1. The molecule has 0 rings (SSSR count). The van der Waals surface area contributed by atoms with Crippen LogP contribution in [0.3, 0.4) is 0 Å². The van der Waals surface area contributed by atoms with Crippen molar-refractivity contribution in [3.8, 4) is 0 Å². The zero-order valence-corrected chi connectivity index (χ0v) is 12.5. The van der Waals surface area contributed by atoms with Crippen LogP contribution >= 0.6 is 11.8 Å². The van der Waals surface area contributed by atoms with Gasteiger partial charge in [-0.2, -0.15) is 0 Å². The second-order valence-corrected chi connectivity index (χ2v) is 6.06. The van der Waals surface area contributed by atoms with Crippen molar-refractivity contribution in [1.29, 1.82) is 0 Å². The van der Waals surface area contributed by atoms with Gasteiger partial charge in [0, 0.05) is 0 Å². The Kier molecular flexibility index (Phi) is 8.97. The minimum atomic E-state index is 0.980. The third-order valence-electron chi connectivity index (χ3n) is 2.50. The molecule has 0 bridgehead atoms. The Hall–Kier alpha value is -0.690. The van der Waals surface area contributed by atoms with Gasteiger partial charge in [-0.25, -0.2) is 0 Å². The Balaban J connectivity index is 3.61. The molecule has 0 amide bonds. The van der Waals surface area contributed by atoms with Gasteiger partial charge in [0.05, 0.1) is 0 Å². The summed E-state index contributed by atoms with van der Waals surface area (Å²) in [6.07, 6.45) is 7.75. The first kappa shape index (κ1) is 16.3. The molecule has 17 heavy (non-hydrogen) atoms. The van der Waals surface area contributed by atoms with Gasteiger partial charge >= 0.3 is 0 Å². The molecule has 0 saturated heterocycles. The molecule has 0 spiro atoms. The zero-order valence-electron chi connectivity index (χ0n) is 11.6. The van der Waals surface area contributed by atoms with Crippen molar-refractivity contribution >= 4 is 11.8 Å². The van der Waals surface area contributed by atoms with E-state index in [1.54, 1.807) is 11.8 Å². The van der Waals surface area contributed by atoms with E-state index >= 15 is 0 Å². The number of rotatable bonds is 9. The molecule has 0 aliphatic rings. The molecule has 0 aromatic carbocycles. The smallest absolute Gasteiger partial charge is 0.0117 e. The van der Waals surface area contributed by atoms with Crippen molar-refractivity contribution < 1.29 is 0 Å². The topological polar surface area (TPSA) is 0 Å². The average molecular weight is 250 g/mol. The quantitative estimate of drug-likeness (QED) is 0.345. The molecule has 0 aliphatic carbocycles. The normalized spacial score (nSPS) is 11.4. The van der Waals surface area contributed by atoms with Gasteiger partial charge < -0.3 is 0 Å². The monoisotopic (exact) mass is 250 g/mol. The van der Waals surface area contributed by atoms with Crippen LogP contribution in [0.15, 0.2) is 46.8 Å². The van der Waals surface area contributed by atoms with Crippen LogP contribution in [-0.4, -0.2) is 0 Å². The van der Waals surface area contributed by atoms with E-state index in [2.05, 4.69) is 46.6 Å². The fourth-order valence-corrected chi connectivity index (χ4v) is 2.37. The molecule has 0 aromatic rings. The Labute approximate surface area is 112 Å². The lowest BCUT2D eigenvalue weighted by Crippen LogP contribution is -1.85. The molecule has 0 unspecified atom stereocenters. The van der Waals surface area contributed by atoms with Gasteiger partial charge in [0.25, 0.3) is 0 Å². The highest BCUT2D eigenvalue weighted by Gasteiger charge is 1.99. The van der Waals surface area contributed by atoms with Gasteiger partial charge in [0.1, 0.15) is 0 Å². The summed E-state index contributed by atoms with van der Waals surface area (Å²) in [7, 11) is 0. The van der Waals surface area contributed by atoms with E-state index in [4.69, 9.17) is 0 Å². The lowest BCUT2D eigenvalue weighted by Gasteiger charge is -2.07. The van der Waals surface area contributed by atoms with Crippen LogP contribution in [0.4, 0.5) is 0 Å². The second kappa shape index (κ2) is 9.35. The van der Waals surface area contributed by atoms with Crippen LogP contribution in [0.5, 0.6) is 0 Å². The van der Waals surface area contributed by atoms with Crippen LogP contribution in [-0.2, 0) is 0 Å². The molecule has 96 valence electrons. The van der Waals surface area contributed by atoms with Crippen LogP contribution in [0.25, 0.3) is 0 Å². The number of allylic oxidation sites excluding steroid dienone is 5. The minimum absolute atomic E-state index is 0.980. The molecule has 0 N–H and O–H groups in total. The summed E-state index contributed by atoms with van der Waals surface area (Å²) >= 11 is 1.80. The van der Waals surface area contributed by atoms with Crippen LogP contribution < -0.4 is 0 Å². The van der Waals surface area contributed by atoms with Crippen LogP contribution in [0, 0.1) is 0 Å². The molecular weight excluding hydrogens is 224 g/mol. The van der Waals surface area contributed by atoms with E-state index in [0.29, 0.717) is 0 Å². The van der Waals surface area contributed by atoms with Crippen molar-refractivity contribution in [3.05, 3.63) is 46.8 Å². The second-order valence-electron chi connectivity index (χ2n) is 4.63. The first-order valence-electron chi connectivity index (χ1n) is 6.25. The van der Waals surface area contributed by atoms with Gasteiger partial charge in [-0.05, 0) is 62.7 Å². The molecule has 0 saturated carbocycles. The summed E-state index contributed by atoms with van der Waals surface area (Å²) in [4.78, 5) is 2.60. The van der Waals surface area contributed by atoms with Crippen molar-refractivity contribution in [3.63, 3.8) is 0 Å². The van der Waals surface area contributed by atoms with Crippen LogP contribution in [0.2, 0.25) is 0 Å². The first-order valence-corrected chi connectivity index (χ1v) is 7.07. The average Bonchev–Trinajstić information content (AvgIpc) is 2.23. The van der Waals surface area contributed by atoms with Gasteiger partial charge in [-0.3, -0.25) is 0 Å². The predicted molar refractivity (Wildman–Crippen MR) is 83.2 cm³/mol. The first-order chi connectivity index (χ1) is 7.95. The van der Waals surface area contributed by atoms with Gasteiger partial charge in [0.15, 0.2) is 0 Å². The summed E-state index contributed by atoms with van der Waals surface area (Å²) in [5, 5.41) is 0. The molecular formula is C16H26S. The summed E-state index contributed by atoms with van der Waals surface area (Å²) in [6.45, 7) is 18.3. The third-order valence-corrected chi connectivity index (χ3v) is 3.55. The van der Waals surface area contributed by atoms with E-state index in [-0.39, 0.29) is 0 Å². The molecule has 0 aromatic heterocycles. The number of hydrogen-bond acceptors (Lipinski definition) is 1. The third kappa shape index (κ3) is 10.2. The Morgan fingerprint density at radius 3 is 2.18 bits per heavy atom. The Bertz CT molecular complexity index is 307. The van der Waals surface area contributed by atoms with Gasteiger partial charge in [0.2, 0.25) is 0 Å². The maximum Gasteiger partial charge on any atom is -0.0117 e. The molecule has 1 heteroatoms. The summed E-state index contributed by atoms with van der Waals surface area (Å²) in [6, 6.07) is 0. The maximum absolute atomic E-state index is 4.09. The molecule has 0 aliphatic heterocycles. The van der Waals surface area contributed by atoms with Crippen molar-refractivity contribution in [2.45, 2.75) is 52.9 Å². The number of thioether (sulfide) groups is 1. The van der Waals surface area contributed by atoms with E-state index in [9.17, 15) is 0 Å².